The number of rotatable bonds is 6. The van der Waals surface area contributed by atoms with E-state index in [1.165, 1.54) is 0 Å². The van der Waals surface area contributed by atoms with E-state index in [2.05, 4.69) is 11.9 Å². The predicted molar refractivity (Wildman–Crippen MR) is 62.8 cm³/mol. The lowest BCUT2D eigenvalue weighted by molar-refractivity contribution is -0.192. The largest absolute Gasteiger partial charge is 0.490 e. The molecule has 0 aliphatic rings. The standard InChI is InChI=1S/C9H17NO2.C2HF3O2/c1-4-5-6-7(2)10-8(3)9(11)12;3-2(4,5)1(6)7/h4,7-8,10H,1,5-6H2,2-3H3,(H,11,12);(H,6,7)/t7?,8-;/m0./s1. The molecule has 0 aromatic heterocycles. The van der Waals surface area contributed by atoms with Crippen LogP contribution in [0.15, 0.2) is 12.7 Å². The van der Waals surface area contributed by atoms with Crippen molar-refractivity contribution in [2.24, 2.45) is 0 Å². The predicted octanol–water partition coefficient (Wildman–Crippen LogP) is 2.04. The highest BCUT2D eigenvalue weighted by Crippen LogP contribution is 2.13. The highest BCUT2D eigenvalue weighted by atomic mass is 19.4. The van der Waals surface area contributed by atoms with Crippen LogP contribution in [0.4, 0.5) is 13.2 Å². The van der Waals surface area contributed by atoms with Gasteiger partial charge in [-0.15, -0.1) is 6.58 Å². The minimum Gasteiger partial charge on any atom is -0.480 e. The number of carboxylic acids is 2. The van der Waals surface area contributed by atoms with E-state index in [0.29, 0.717) is 0 Å². The summed E-state index contributed by atoms with van der Waals surface area (Å²) in [5.41, 5.74) is 0. The zero-order chi connectivity index (χ0) is 15.6. The second-order valence-corrected chi connectivity index (χ2v) is 3.80. The minimum absolute atomic E-state index is 0.231. The maximum absolute atomic E-state index is 10.6. The number of nitrogens with one attached hydrogen (secondary N) is 1. The Morgan fingerprint density at radius 1 is 1.32 bits per heavy atom. The van der Waals surface area contributed by atoms with Crippen LogP contribution in [0.5, 0.6) is 0 Å². The summed E-state index contributed by atoms with van der Waals surface area (Å²) in [4.78, 5) is 19.3. The first-order valence-corrected chi connectivity index (χ1v) is 5.42. The molecule has 0 heterocycles. The lowest BCUT2D eigenvalue weighted by atomic mass is 10.1. The average Bonchev–Trinajstić information content (AvgIpc) is 2.25. The van der Waals surface area contributed by atoms with Crippen molar-refractivity contribution in [2.45, 2.75) is 44.9 Å². The number of carboxylic acid groups (broad SMARTS) is 2. The highest BCUT2D eigenvalue weighted by molar-refractivity contribution is 5.73. The van der Waals surface area contributed by atoms with Crippen LogP contribution in [0.1, 0.15) is 26.7 Å². The first-order chi connectivity index (χ1) is 8.52. The molecule has 3 N–H and O–H groups in total. The second kappa shape index (κ2) is 9.37. The second-order valence-electron chi connectivity index (χ2n) is 3.80. The van der Waals surface area contributed by atoms with Gasteiger partial charge in [0.25, 0.3) is 0 Å². The number of hydrogen-bond donors (Lipinski definition) is 3. The molecule has 0 aliphatic carbocycles. The summed E-state index contributed by atoms with van der Waals surface area (Å²) in [6, 6.07) is -0.237. The third kappa shape index (κ3) is 12.7. The van der Waals surface area contributed by atoms with Crippen LogP contribution in [-0.4, -0.2) is 40.4 Å². The Hall–Kier alpha value is -1.57. The molecule has 0 amide bonds. The summed E-state index contributed by atoms with van der Waals surface area (Å²) in [5, 5.41) is 18.7. The van der Waals surface area contributed by atoms with Crippen molar-refractivity contribution < 1.29 is 33.0 Å². The van der Waals surface area contributed by atoms with Crippen molar-refractivity contribution in [3.63, 3.8) is 0 Å². The van der Waals surface area contributed by atoms with Crippen molar-refractivity contribution in [3.05, 3.63) is 12.7 Å². The van der Waals surface area contributed by atoms with Crippen molar-refractivity contribution in [1.82, 2.24) is 5.32 Å². The van der Waals surface area contributed by atoms with Crippen molar-refractivity contribution in [1.29, 1.82) is 0 Å². The quantitative estimate of drug-likeness (QED) is 0.650. The summed E-state index contributed by atoms with van der Waals surface area (Å²) < 4.78 is 31.7. The Balaban J connectivity index is 0. The van der Waals surface area contributed by atoms with Gasteiger partial charge in [0.2, 0.25) is 0 Å². The lowest BCUT2D eigenvalue weighted by Gasteiger charge is -2.15. The van der Waals surface area contributed by atoms with Crippen molar-refractivity contribution in [2.75, 3.05) is 0 Å². The Labute approximate surface area is 109 Å². The molecule has 0 saturated heterocycles. The molecular formula is C11H18F3NO4. The van der Waals surface area contributed by atoms with Gasteiger partial charge in [0.1, 0.15) is 6.04 Å². The van der Waals surface area contributed by atoms with Crippen LogP contribution in [0.3, 0.4) is 0 Å². The molecule has 0 bridgehead atoms. The van der Waals surface area contributed by atoms with E-state index in [-0.39, 0.29) is 6.04 Å². The molecule has 0 aromatic rings. The van der Waals surface area contributed by atoms with E-state index in [0.717, 1.165) is 12.8 Å². The van der Waals surface area contributed by atoms with Crippen LogP contribution in [0, 0.1) is 0 Å². The molecule has 8 heteroatoms. The molecule has 1 unspecified atom stereocenters. The highest BCUT2D eigenvalue weighted by Gasteiger charge is 2.38. The van der Waals surface area contributed by atoms with E-state index >= 15 is 0 Å². The summed E-state index contributed by atoms with van der Waals surface area (Å²) in [7, 11) is 0. The number of alkyl halides is 3. The van der Waals surface area contributed by atoms with Gasteiger partial charge in [-0.3, -0.25) is 4.79 Å². The SMILES string of the molecule is C=CCCC(C)N[C@@H](C)C(=O)O.O=C(O)C(F)(F)F. The van der Waals surface area contributed by atoms with E-state index in [1.807, 2.05) is 13.0 Å². The molecule has 19 heavy (non-hydrogen) atoms. The van der Waals surface area contributed by atoms with Gasteiger partial charge < -0.3 is 15.5 Å². The van der Waals surface area contributed by atoms with Crippen LogP contribution in [0.2, 0.25) is 0 Å². The van der Waals surface area contributed by atoms with E-state index in [4.69, 9.17) is 15.0 Å². The van der Waals surface area contributed by atoms with Crippen molar-refractivity contribution >= 4 is 11.9 Å². The number of aliphatic carboxylic acids is 2. The molecule has 0 aromatic carbocycles. The maximum Gasteiger partial charge on any atom is 0.490 e. The van der Waals surface area contributed by atoms with Gasteiger partial charge in [-0.05, 0) is 26.7 Å². The summed E-state index contributed by atoms with van der Waals surface area (Å²) >= 11 is 0. The lowest BCUT2D eigenvalue weighted by Crippen LogP contribution is -2.39. The topological polar surface area (TPSA) is 86.6 Å². The average molecular weight is 285 g/mol. The third-order valence-corrected chi connectivity index (χ3v) is 1.95. The van der Waals surface area contributed by atoms with Gasteiger partial charge in [0, 0.05) is 6.04 Å². The van der Waals surface area contributed by atoms with Gasteiger partial charge in [-0.1, -0.05) is 6.08 Å². The molecule has 0 radical (unpaired) electrons. The fourth-order valence-corrected chi connectivity index (χ4v) is 0.949. The zero-order valence-corrected chi connectivity index (χ0v) is 10.7. The van der Waals surface area contributed by atoms with Crippen molar-refractivity contribution in [3.8, 4) is 0 Å². The van der Waals surface area contributed by atoms with E-state index in [1.54, 1.807) is 6.92 Å². The maximum atomic E-state index is 10.6. The Kier molecular flexibility index (Phi) is 9.75. The van der Waals surface area contributed by atoms with Crippen LogP contribution in [0.25, 0.3) is 0 Å². The fraction of sp³-hybridized carbons (Fsp3) is 0.636. The zero-order valence-electron chi connectivity index (χ0n) is 10.7. The molecular weight excluding hydrogens is 267 g/mol. The monoisotopic (exact) mass is 285 g/mol. The molecule has 0 saturated carbocycles. The van der Waals surface area contributed by atoms with Gasteiger partial charge >= 0.3 is 18.1 Å². The number of halogens is 3. The van der Waals surface area contributed by atoms with E-state index < -0.39 is 24.2 Å². The molecule has 0 rings (SSSR count). The Bertz CT molecular complexity index is 305. The smallest absolute Gasteiger partial charge is 0.480 e. The first-order valence-electron chi connectivity index (χ1n) is 5.42. The summed E-state index contributed by atoms with van der Waals surface area (Å²) in [6.45, 7) is 7.22. The number of carbonyl (C=O) groups is 2. The van der Waals surface area contributed by atoms with Gasteiger partial charge in [0.15, 0.2) is 0 Å². The Morgan fingerprint density at radius 2 is 1.74 bits per heavy atom. The summed E-state index contributed by atoms with van der Waals surface area (Å²) in [5.74, 6) is -3.56. The molecule has 0 fully saturated rings. The molecule has 0 spiro atoms. The normalized spacial score (nSPS) is 13.7. The van der Waals surface area contributed by atoms with Gasteiger partial charge in [0.05, 0.1) is 0 Å². The minimum atomic E-state index is -5.08. The number of hydrogen-bond acceptors (Lipinski definition) is 3. The number of allylic oxidation sites excluding steroid dienone is 1. The Morgan fingerprint density at radius 3 is 2.00 bits per heavy atom. The van der Waals surface area contributed by atoms with Gasteiger partial charge in [-0.2, -0.15) is 13.2 Å². The van der Waals surface area contributed by atoms with Gasteiger partial charge in [-0.25, -0.2) is 4.79 Å². The van der Waals surface area contributed by atoms with Crippen LogP contribution in [-0.2, 0) is 9.59 Å². The molecule has 5 nitrogen and oxygen atoms in total. The summed E-state index contributed by atoms with van der Waals surface area (Å²) in [6.07, 6.45) is -1.40. The van der Waals surface area contributed by atoms with E-state index in [9.17, 15) is 18.0 Å². The molecule has 112 valence electrons. The fourth-order valence-electron chi connectivity index (χ4n) is 0.949. The van der Waals surface area contributed by atoms with Crippen LogP contribution >= 0.6 is 0 Å². The first kappa shape index (κ1) is 19.8. The third-order valence-electron chi connectivity index (χ3n) is 1.95. The molecule has 2 atom stereocenters. The van der Waals surface area contributed by atoms with Crippen LogP contribution < -0.4 is 5.32 Å². The molecule has 0 aliphatic heterocycles.